The summed E-state index contributed by atoms with van der Waals surface area (Å²) in [4.78, 5) is 4.35. The van der Waals surface area contributed by atoms with Crippen molar-refractivity contribution in [3.8, 4) is 11.4 Å². The van der Waals surface area contributed by atoms with E-state index in [1.807, 2.05) is 0 Å². The molecule has 0 radical (unpaired) electrons. The summed E-state index contributed by atoms with van der Waals surface area (Å²) in [6.45, 7) is 5.09. The first-order valence-corrected chi connectivity index (χ1v) is 7.16. The van der Waals surface area contributed by atoms with Crippen LogP contribution in [-0.2, 0) is 0 Å². The molecule has 0 atom stereocenters. The van der Waals surface area contributed by atoms with E-state index in [2.05, 4.69) is 44.5 Å². The molecule has 0 amide bonds. The first-order chi connectivity index (χ1) is 8.56. The Morgan fingerprint density at radius 3 is 2.94 bits per heavy atom. The normalized spacial score (nSPS) is 10.9. The zero-order chi connectivity index (χ0) is 13.1. The summed E-state index contributed by atoms with van der Waals surface area (Å²) in [5.74, 6) is 0.788. The van der Waals surface area contributed by atoms with Gasteiger partial charge in [0, 0.05) is 28.1 Å². The molecule has 0 spiro atoms. The van der Waals surface area contributed by atoms with E-state index in [4.69, 9.17) is 0 Å². The van der Waals surface area contributed by atoms with Gasteiger partial charge in [-0.05, 0) is 24.1 Å². The number of hydrogen-bond donors (Lipinski definition) is 1. The number of benzene rings is 1. The lowest BCUT2D eigenvalue weighted by atomic mass is 10.2. The van der Waals surface area contributed by atoms with Gasteiger partial charge < -0.3 is 5.32 Å². The minimum atomic E-state index is -0.292. The number of rotatable bonds is 4. The molecule has 0 saturated carbocycles. The third-order valence-electron chi connectivity index (χ3n) is 2.26. The van der Waals surface area contributed by atoms with E-state index in [0.717, 1.165) is 16.1 Å². The van der Waals surface area contributed by atoms with Gasteiger partial charge in [0.15, 0.2) is 5.82 Å². The van der Waals surface area contributed by atoms with Crippen LogP contribution in [0.5, 0.6) is 0 Å². The summed E-state index contributed by atoms with van der Waals surface area (Å²) < 4.78 is 18.2. The second-order valence-corrected chi connectivity index (χ2v) is 5.93. The van der Waals surface area contributed by atoms with Crippen LogP contribution in [0.2, 0.25) is 0 Å². The van der Waals surface area contributed by atoms with Crippen LogP contribution >= 0.6 is 27.5 Å². The molecular weight excluding hydrogens is 317 g/mol. The van der Waals surface area contributed by atoms with Gasteiger partial charge in [-0.3, -0.25) is 0 Å². The van der Waals surface area contributed by atoms with Crippen molar-refractivity contribution in [1.82, 2.24) is 9.36 Å². The predicted molar refractivity (Wildman–Crippen MR) is 76.3 cm³/mol. The standard InChI is InChI=1S/C12H13BrFN3S/c1-7(2)6-15-12-16-11(17-18-12)9-5-8(14)3-4-10(9)13/h3-5,7H,6H2,1-2H3,(H,15,16,17). The maximum atomic E-state index is 13.2. The minimum Gasteiger partial charge on any atom is -0.360 e. The molecule has 0 aliphatic carbocycles. The summed E-state index contributed by atoms with van der Waals surface area (Å²) in [5.41, 5.74) is 0.670. The molecule has 3 nitrogen and oxygen atoms in total. The lowest BCUT2D eigenvalue weighted by Crippen LogP contribution is -2.07. The quantitative estimate of drug-likeness (QED) is 0.914. The van der Waals surface area contributed by atoms with Crippen molar-refractivity contribution in [1.29, 1.82) is 0 Å². The number of hydrogen-bond acceptors (Lipinski definition) is 4. The highest BCUT2D eigenvalue weighted by Crippen LogP contribution is 2.28. The highest BCUT2D eigenvalue weighted by molar-refractivity contribution is 9.10. The summed E-state index contributed by atoms with van der Waals surface area (Å²) in [7, 11) is 0. The molecule has 0 fully saturated rings. The summed E-state index contributed by atoms with van der Waals surface area (Å²) in [6.07, 6.45) is 0. The number of anilines is 1. The van der Waals surface area contributed by atoms with E-state index in [1.54, 1.807) is 6.07 Å². The largest absolute Gasteiger partial charge is 0.360 e. The first-order valence-electron chi connectivity index (χ1n) is 5.59. The van der Waals surface area contributed by atoms with Crippen LogP contribution in [0, 0.1) is 11.7 Å². The van der Waals surface area contributed by atoms with Gasteiger partial charge >= 0.3 is 0 Å². The highest BCUT2D eigenvalue weighted by atomic mass is 79.9. The van der Waals surface area contributed by atoms with Crippen molar-refractivity contribution in [2.75, 3.05) is 11.9 Å². The van der Waals surface area contributed by atoms with Crippen LogP contribution in [0.15, 0.2) is 22.7 Å². The maximum Gasteiger partial charge on any atom is 0.202 e. The van der Waals surface area contributed by atoms with Crippen LogP contribution < -0.4 is 5.32 Å². The Bertz CT molecular complexity index is 542. The zero-order valence-corrected chi connectivity index (χ0v) is 12.5. The van der Waals surface area contributed by atoms with Crippen molar-refractivity contribution in [3.05, 3.63) is 28.5 Å². The lowest BCUT2D eigenvalue weighted by Gasteiger charge is -2.04. The van der Waals surface area contributed by atoms with Crippen molar-refractivity contribution in [2.45, 2.75) is 13.8 Å². The number of nitrogens with one attached hydrogen (secondary N) is 1. The minimum absolute atomic E-state index is 0.292. The molecule has 2 rings (SSSR count). The summed E-state index contributed by atoms with van der Waals surface area (Å²) in [6, 6.07) is 4.49. The van der Waals surface area contributed by atoms with E-state index < -0.39 is 0 Å². The Kier molecular flexibility index (Phi) is 4.29. The number of aromatic nitrogens is 2. The van der Waals surface area contributed by atoms with E-state index in [1.165, 1.54) is 23.7 Å². The van der Waals surface area contributed by atoms with Gasteiger partial charge in [0.1, 0.15) is 5.82 Å². The smallest absolute Gasteiger partial charge is 0.202 e. The number of nitrogens with zero attached hydrogens (tertiary/aromatic N) is 2. The van der Waals surface area contributed by atoms with Gasteiger partial charge in [-0.15, -0.1) is 0 Å². The van der Waals surface area contributed by atoms with Crippen LogP contribution in [-0.4, -0.2) is 15.9 Å². The van der Waals surface area contributed by atoms with E-state index in [0.29, 0.717) is 17.3 Å². The van der Waals surface area contributed by atoms with Gasteiger partial charge in [0.25, 0.3) is 0 Å². The molecule has 0 aliphatic rings. The molecular formula is C12H13BrFN3S. The maximum absolute atomic E-state index is 13.2. The fourth-order valence-corrected chi connectivity index (χ4v) is 2.38. The van der Waals surface area contributed by atoms with Crippen LogP contribution in [0.25, 0.3) is 11.4 Å². The second-order valence-electron chi connectivity index (χ2n) is 4.32. The van der Waals surface area contributed by atoms with E-state index >= 15 is 0 Å². The predicted octanol–water partition coefficient (Wildman–Crippen LogP) is 4.17. The van der Waals surface area contributed by atoms with Gasteiger partial charge in [-0.1, -0.05) is 29.8 Å². The Labute approximate surface area is 118 Å². The number of halogens is 2. The molecule has 1 aromatic heterocycles. The molecule has 96 valence electrons. The zero-order valence-electron chi connectivity index (χ0n) is 10.1. The average molecular weight is 330 g/mol. The molecule has 1 aromatic carbocycles. The molecule has 2 aromatic rings. The van der Waals surface area contributed by atoms with Crippen LogP contribution in [0.1, 0.15) is 13.8 Å². The molecule has 6 heteroatoms. The Hall–Kier alpha value is -1.01. The first kappa shape index (κ1) is 13.4. The average Bonchev–Trinajstić information content (AvgIpc) is 2.78. The third kappa shape index (κ3) is 3.26. The van der Waals surface area contributed by atoms with Crippen LogP contribution in [0.3, 0.4) is 0 Å². The van der Waals surface area contributed by atoms with E-state index in [-0.39, 0.29) is 5.82 Å². The molecule has 1 N–H and O–H groups in total. The van der Waals surface area contributed by atoms with Gasteiger partial charge in [0.2, 0.25) is 5.13 Å². The lowest BCUT2D eigenvalue weighted by molar-refractivity contribution is 0.628. The van der Waals surface area contributed by atoms with Gasteiger partial charge in [0.05, 0.1) is 0 Å². The van der Waals surface area contributed by atoms with E-state index in [9.17, 15) is 4.39 Å². The van der Waals surface area contributed by atoms with Crippen molar-refractivity contribution < 1.29 is 4.39 Å². The summed E-state index contributed by atoms with van der Waals surface area (Å²) in [5, 5.41) is 3.96. The fraction of sp³-hybridized carbons (Fsp3) is 0.333. The Morgan fingerprint density at radius 1 is 1.44 bits per heavy atom. The molecule has 0 saturated heterocycles. The van der Waals surface area contributed by atoms with Gasteiger partial charge in [-0.25, -0.2) is 4.39 Å². The van der Waals surface area contributed by atoms with Crippen LogP contribution in [0.4, 0.5) is 9.52 Å². The van der Waals surface area contributed by atoms with Crippen molar-refractivity contribution in [3.63, 3.8) is 0 Å². The topological polar surface area (TPSA) is 37.8 Å². The second kappa shape index (κ2) is 5.75. The third-order valence-corrected chi connectivity index (χ3v) is 3.62. The molecule has 1 heterocycles. The SMILES string of the molecule is CC(C)CNc1nc(-c2cc(F)ccc2Br)ns1. The highest BCUT2D eigenvalue weighted by Gasteiger charge is 2.11. The molecule has 18 heavy (non-hydrogen) atoms. The van der Waals surface area contributed by atoms with Crippen molar-refractivity contribution >= 4 is 32.6 Å². The molecule has 0 aliphatic heterocycles. The van der Waals surface area contributed by atoms with Crippen molar-refractivity contribution in [2.24, 2.45) is 5.92 Å². The Morgan fingerprint density at radius 2 is 2.22 bits per heavy atom. The summed E-state index contributed by atoms with van der Waals surface area (Å²) >= 11 is 4.66. The van der Waals surface area contributed by atoms with Gasteiger partial charge in [-0.2, -0.15) is 9.36 Å². The molecule has 0 unspecified atom stereocenters. The fourth-order valence-electron chi connectivity index (χ4n) is 1.36. The molecule has 0 bridgehead atoms. The monoisotopic (exact) mass is 329 g/mol. The Balaban J connectivity index is 2.21.